The average Bonchev–Trinajstić information content (AvgIpc) is 2.51. The van der Waals surface area contributed by atoms with E-state index in [1.807, 2.05) is 19.9 Å². The molecule has 0 fully saturated rings. The minimum atomic E-state index is 0.133. The highest BCUT2D eigenvalue weighted by molar-refractivity contribution is 5.80. The Hall–Kier alpha value is -1.51. The molecule has 0 saturated carbocycles. The van der Waals surface area contributed by atoms with Crippen molar-refractivity contribution in [1.29, 1.82) is 0 Å². The molecular formula is C19H30O3. The number of hydrogen-bond acceptors (Lipinski definition) is 3. The Labute approximate surface area is 135 Å². The number of rotatable bonds is 11. The highest BCUT2D eigenvalue weighted by Crippen LogP contribution is 2.29. The van der Waals surface area contributed by atoms with E-state index in [1.165, 1.54) is 5.56 Å². The summed E-state index contributed by atoms with van der Waals surface area (Å²) in [4.78, 5) is 11.7. The molecule has 0 aliphatic carbocycles. The van der Waals surface area contributed by atoms with Crippen molar-refractivity contribution in [3.05, 3.63) is 23.8 Å². The van der Waals surface area contributed by atoms with Crippen LogP contribution in [0.1, 0.15) is 58.9 Å². The van der Waals surface area contributed by atoms with E-state index in [0.717, 1.165) is 37.2 Å². The number of hydrogen-bond donors (Lipinski definition) is 0. The summed E-state index contributed by atoms with van der Waals surface area (Å²) in [6.45, 7) is 9.49. The van der Waals surface area contributed by atoms with E-state index in [-0.39, 0.29) is 5.92 Å². The lowest BCUT2D eigenvalue weighted by Crippen LogP contribution is -2.07. The van der Waals surface area contributed by atoms with E-state index in [4.69, 9.17) is 9.47 Å². The van der Waals surface area contributed by atoms with E-state index in [2.05, 4.69) is 26.0 Å². The highest BCUT2D eigenvalue weighted by Gasteiger charge is 2.09. The first-order valence-corrected chi connectivity index (χ1v) is 8.49. The third-order valence-corrected chi connectivity index (χ3v) is 3.46. The minimum absolute atomic E-state index is 0.133. The van der Waals surface area contributed by atoms with Crippen molar-refractivity contribution in [2.75, 3.05) is 13.2 Å². The van der Waals surface area contributed by atoms with E-state index >= 15 is 0 Å². The Morgan fingerprint density at radius 1 is 1.05 bits per heavy atom. The van der Waals surface area contributed by atoms with Gasteiger partial charge in [0.15, 0.2) is 11.5 Å². The molecular weight excluding hydrogens is 276 g/mol. The maximum Gasteiger partial charge on any atom is 0.161 e. The van der Waals surface area contributed by atoms with Gasteiger partial charge in [0, 0.05) is 12.3 Å². The van der Waals surface area contributed by atoms with Gasteiger partial charge in [-0.25, -0.2) is 0 Å². The number of Topliss-reactive ketones (excluding diaryl/α,β-unsaturated/α-hetero) is 1. The molecule has 22 heavy (non-hydrogen) atoms. The van der Waals surface area contributed by atoms with Crippen molar-refractivity contribution >= 4 is 5.78 Å². The summed E-state index contributed by atoms with van der Waals surface area (Å²) in [5.41, 5.74) is 1.20. The molecule has 0 amide bonds. The predicted molar refractivity (Wildman–Crippen MR) is 90.8 cm³/mol. The fourth-order valence-electron chi connectivity index (χ4n) is 2.12. The first-order chi connectivity index (χ1) is 10.6. The third kappa shape index (κ3) is 6.50. The molecule has 0 aromatic heterocycles. The molecule has 124 valence electrons. The van der Waals surface area contributed by atoms with Gasteiger partial charge in [0.2, 0.25) is 0 Å². The van der Waals surface area contributed by atoms with Gasteiger partial charge in [0.05, 0.1) is 13.2 Å². The molecule has 3 heteroatoms. The molecule has 0 unspecified atom stereocenters. The lowest BCUT2D eigenvalue weighted by atomic mass is 10.0. The maximum atomic E-state index is 11.7. The lowest BCUT2D eigenvalue weighted by Gasteiger charge is -2.13. The van der Waals surface area contributed by atoms with Crippen LogP contribution in [0.5, 0.6) is 11.5 Å². The van der Waals surface area contributed by atoms with Crippen LogP contribution in [-0.4, -0.2) is 19.0 Å². The van der Waals surface area contributed by atoms with E-state index in [0.29, 0.717) is 25.4 Å². The first-order valence-electron chi connectivity index (χ1n) is 8.49. The summed E-state index contributed by atoms with van der Waals surface area (Å²) in [5.74, 6) is 2.11. The number of ether oxygens (including phenoxy) is 2. The summed E-state index contributed by atoms with van der Waals surface area (Å²) in [6, 6.07) is 6.12. The second-order valence-corrected chi connectivity index (χ2v) is 5.95. The third-order valence-electron chi connectivity index (χ3n) is 3.46. The van der Waals surface area contributed by atoms with E-state index < -0.39 is 0 Å². The average molecular weight is 306 g/mol. The van der Waals surface area contributed by atoms with Crippen LogP contribution in [0.2, 0.25) is 0 Å². The normalized spacial score (nSPS) is 10.8. The Bertz CT molecular complexity index is 452. The Kier molecular flexibility index (Phi) is 8.64. The topological polar surface area (TPSA) is 35.5 Å². The van der Waals surface area contributed by atoms with Gasteiger partial charge in [0.25, 0.3) is 0 Å². The van der Waals surface area contributed by atoms with Crippen LogP contribution in [0.3, 0.4) is 0 Å². The van der Waals surface area contributed by atoms with Crippen molar-refractivity contribution in [3.63, 3.8) is 0 Å². The zero-order valence-corrected chi connectivity index (χ0v) is 14.5. The summed E-state index contributed by atoms with van der Waals surface area (Å²) in [6.07, 6.45) is 4.39. The second-order valence-electron chi connectivity index (χ2n) is 5.95. The fourth-order valence-corrected chi connectivity index (χ4v) is 2.12. The van der Waals surface area contributed by atoms with Gasteiger partial charge in [-0.1, -0.05) is 33.8 Å². The van der Waals surface area contributed by atoms with Gasteiger partial charge >= 0.3 is 0 Å². The molecule has 0 aliphatic heterocycles. The monoisotopic (exact) mass is 306 g/mol. The molecule has 0 heterocycles. The standard InChI is InChI=1S/C19H30O3/c1-5-12-21-18-11-10-16(14-19(18)22-13-6-2)8-7-9-17(20)15(3)4/h10-11,14-15H,5-9,12-13H2,1-4H3. The van der Waals surface area contributed by atoms with Crippen LogP contribution in [0.4, 0.5) is 0 Å². The summed E-state index contributed by atoms with van der Waals surface area (Å²) >= 11 is 0. The van der Waals surface area contributed by atoms with Crippen LogP contribution in [0, 0.1) is 5.92 Å². The van der Waals surface area contributed by atoms with Crippen LogP contribution in [-0.2, 0) is 11.2 Å². The number of carbonyl (C=O) groups is 1. The quantitative estimate of drug-likeness (QED) is 0.588. The molecule has 0 radical (unpaired) electrons. The van der Waals surface area contributed by atoms with Crippen molar-refractivity contribution in [3.8, 4) is 11.5 Å². The summed E-state index contributed by atoms with van der Waals surface area (Å²) in [7, 11) is 0. The van der Waals surface area contributed by atoms with Crippen LogP contribution >= 0.6 is 0 Å². The second kappa shape index (κ2) is 10.3. The van der Waals surface area contributed by atoms with Crippen molar-refractivity contribution in [1.82, 2.24) is 0 Å². The van der Waals surface area contributed by atoms with Crippen LogP contribution in [0.15, 0.2) is 18.2 Å². The smallest absolute Gasteiger partial charge is 0.161 e. The molecule has 0 saturated heterocycles. The molecule has 0 N–H and O–H groups in total. The zero-order valence-electron chi connectivity index (χ0n) is 14.5. The molecule has 0 atom stereocenters. The van der Waals surface area contributed by atoms with Crippen LogP contribution < -0.4 is 9.47 Å². The van der Waals surface area contributed by atoms with E-state index in [1.54, 1.807) is 0 Å². The van der Waals surface area contributed by atoms with Gasteiger partial charge in [-0.3, -0.25) is 4.79 Å². The van der Waals surface area contributed by atoms with E-state index in [9.17, 15) is 4.79 Å². The molecule has 1 aromatic rings. The molecule has 0 spiro atoms. The summed E-state index contributed by atoms with van der Waals surface area (Å²) in [5, 5.41) is 0. The number of carbonyl (C=O) groups excluding carboxylic acids is 1. The largest absolute Gasteiger partial charge is 0.490 e. The first kappa shape index (κ1) is 18.5. The van der Waals surface area contributed by atoms with Gasteiger partial charge in [-0.15, -0.1) is 0 Å². The van der Waals surface area contributed by atoms with Gasteiger partial charge in [0.1, 0.15) is 5.78 Å². The molecule has 1 aromatic carbocycles. The van der Waals surface area contributed by atoms with Crippen molar-refractivity contribution < 1.29 is 14.3 Å². The molecule has 0 aliphatic rings. The maximum absolute atomic E-state index is 11.7. The summed E-state index contributed by atoms with van der Waals surface area (Å²) < 4.78 is 11.5. The number of aryl methyl sites for hydroxylation is 1. The Morgan fingerprint density at radius 3 is 2.27 bits per heavy atom. The highest BCUT2D eigenvalue weighted by atomic mass is 16.5. The van der Waals surface area contributed by atoms with Gasteiger partial charge in [-0.05, 0) is 43.4 Å². The van der Waals surface area contributed by atoms with Gasteiger partial charge in [-0.2, -0.15) is 0 Å². The Balaban J connectivity index is 2.65. The zero-order chi connectivity index (χ0) is 16.4. The number of ketones is 1. The molecule has 3 nitrogen and oxygen atoms in total. The SMILES string of the molecule is CCCOc1ccc(CCCC(=O)C(C)C)cc1OCCC. The predicted octanol–water partition coefficient (Wildman–Crippen LogP) is 4.81. The fraction of sp³-hybridized carbons (Fsp3) is 0.632. The number of benzene rings is 1. The van der Waals surface area contributed by atoms with Crippen LogP contribution in [0.25, 0.3) is 0 Å². The van der Waals surface area contributed by atoms with Crippen molar-refractivity contribution in [2.24, 2.45) is 5.92 Å². The minimum Gasteiger partial charge on any atom is -0.490 e. The lowest BCUT2D eigenvalue weighted by molar-refractivity contribution is -0.121. The molecule has 1 rings (SSSR count). The van der Waals surface area contributed by atoms with Gasteiger partial charge < -0.3 is 9.47 Å². The Morgan fingerprint density at radius 2 is 1.68 bits per heavy atom. The molecule has 0 bridgehead atoms. The van der Waals surface area contributed by atoms with Crippen molar-refractivity contribution in [2.45, 2.75) is 59.8 Å².